The number of rotatable bonds is 7. The van der Waals surface area contributed by atoms with Crippen molar-refractivity contribution < 1.29 is 19.1 Å². The third-order valence-electron chi connectivity index (χ3n) is 3.64. The Kier molecular flexibility index (Phi) is 5.66. The molecule has 0 aliphatic rings. The minimum absolute atomic E-state index is 0.259. The maximum absolute atomic E-state index is 13.2. The quantitative estimate of drug-likeness (QED) is 0.804. The molecular weight excluding hydrogens is 331 g/mol. The molecule has 2 N–H and O–H groups in total. The molecule has 0 saturated carbocycles. The molecule has 0 aliphatic heterocycles. The Labute approximate surface area is 143 Å². The Hall–Kier alpha value is -2.28. The predicted molar refractivity (Wildman–Crippen MR) is 89.7 cm³/mol. The van der Waals surface area contributed by atoms with Crippen LogP contribution in [0.5, 0.6) is 0 Å². The van der Waals surface area contributed by atoms with Crippen LogP contribution >= 0.6 is 11.3 Å². The van der Waals surface area contributed by atoms with Gasteiger partial charge in [-0.2, -0.15) is 0 Å². The molecule has 1 heterocycles. The highest BCUT2D eigenvalue weighted by Crippen LogP contribution is 2.20. The van der Waals surface area contributed by atoms with Gasteiger partial charge >= 0.3 is 5.97 Å². The molecule has 0 fully saturated rings. The van der Waals surface area contributed by atoms with Gasteiger partial charge in [0.25, 0.3) is 5.91 Å². The van der Waals surface area contributed by atoms with Crippen LogP contribution in [-0.2, 0) is 11.2 Å². The Balaban J connectivity index is 1.90. The first-order valence-corrected chi connectivity index (χ1v) is 8.36. The molecule has 2 aromatic rings. The Morgan fingerprint density at radius 1 is 1.38 bits per heavy atom. The largest absolute Gasteiger partial charge is 0.481 e. The molecule has 5 nitrogen and oxygen atoms in total. The number of aliphatic carboxylic acids is 1. The van der Waals surface area contributed by atoms with Crippen LogP contribution in [0.1, 0.15) is 41.3 Å². The first kappa shape index (κ1) is 18.1. The number of nitrogens with zero attached hydrogens (tertiary/aromatic N) is 1. The number of hydrogen-bond acceptors (Lipinski definition) is 4. The second-order valence-corrected chi connectivity index (χ2v) is 7.07. The molecule has 0 bridgehead atoms. The standard InChI is InChI=1S/C17H19FN2O3S/c1-17(2,16(22)23)6-7-19-15(21)13-10-24-14(20-13)9-11-4-3-5-12(18)8-11/h3-5,8,10H,6-7,9H2,1-2H3,(H,19,21)(H,22,23). The van der Waals surface area contributed by atoms with Gasteiger partial charge in [0.2, 0.25) is 0 Å². The lowest BCUT2D eigenvalue weighted by Gasteiger charge is -2.18. The molecular formula is C17H19FN2O3S. The summed E-state index contributed by atoms with van der Waals surface area (Å²) in [7, 11) is 0. The van der Waals surface area contributed by atoms with Crippen molar-refractivity contribution >= 4 is 23.2 Å². The number of thiazole rings is 1. The average Bonchev–Trinajstić information content (AvgIpc) is 2.95. The fourth-order valence-corrected chi connectivity index (χ4v) is 2.81. The zero-order valence-corrected chi connectivity index (χ0v) is 14.3. The van der Waals surface area contributed by atoms with Crippen molar-refractivity contribution in [3.05, 3.63) is 51.7 Å². The zero-order chi connectivity index (χ0) is 17.7. The highest BCUT2D eigenvalue weighted by atomic mass is 32.1. The molecule has 24 heavy (non-hydrogen) atoms. The molecule has 7 heteroatoms. The summed E-state index contributed by atoms with van der Waals surface area (Å²) in [6.45, 7) is 3.48. The topological polar surface area (TPSA) is 79.3 Å². The Morgan fingerprint density at radius 3 is 2.79 bits per heavy atom. The minimum atomic E-state index is -0.900. The van der Waals surface area contributed by atoms with Gasteiger partial charge in [0, 0.05) is 18.3 Å². The monoisotopic (exact) mass is 350 g/mol. The number of benzene rings is 1. The van der Waals surface area contributed by atoms with E-state index in [-0.39, 0.29) is 18.3 Å². The molecule has 0 saturated heterocycles. The number of carboxylic acids is 1. The van der Waals surface area contributed by atoms with E-state index in [1.165, 1.54) is 23.5 Å². The summed E-state index contributed by atoms with van der Waals surface area (Å²) in [5.74, 6) is -1.54. The summed E-state index contributed by atoms with van der Waals surface area (Å²) in [5, 5.41) is 14.1. The van der Waals surface area contributed by atoms with Crippen molar-refractivity contribution in [2.45, 2.75) is 26.7 Å². The molecule has 1 aromatic carbocycles. The maximum atomic E-state index is 13.2. The molecule has 0 atom stereocenters. The number of carbonyl (C=O) groups excluding carboxylic acids is 1. The van der Waals surface area contributed by atoms with Gasteiger partial charge < -0.3 is 10.4 Å². The second kappa shape index (κ2) is 7.53. The summed E-state index contributed by atoms with van der Waals surface area (Å²) >= 11 is 1.33. The van der Waals surface area contributed by atoms with Crippen LogP contribution in [0.3, 0.4) is 0 Å². The summed E-state index contributed by atoms with van der Waals surface area (Å²) < 4.78 is 13.2. The lowest BCUT2D eigenvalue weighted by atomic mass is 9.90. The average molecular weight is 350 g/mol. The van der Waals surface area contributed by atoms with Gasteiger partial charge in [-0.05, 0) is 38.0 Å². The van der Waals surface area contributed by atoms with E-state index in [1.54, 1.807) is 31.4 Å². The van der Waals surface area contributed by atoms with Crippen molar-refractivity contribution in [3.63, 3.8) is 0 Å². The highest BCUT2D eigenvalue weighted by molar-refractivity contribution is 7.09. The molecule has 1 amide bonds. The fraction of sp³-hybridized carbons (Fsp3) is 0.353. The van der Waals surface area contributed by atoms with Crippen LogP contribution < -0.4 is 5.32 Å². The molecule has 0 aliphatic carbocycles. The molecule has 0 radical (unpaired) electrons. The number of carboxylic acid groups (broad SMARTS) is 1. The number of nitrogens with one attached hydrogen (secondary N) is 1. The van der Waals surface area contributed by atoms with E-state index in [0.717, 1.165) is 10.6 Å². The van der Waals surface area contributed by atoms with Crippen molar-refractivity contribution in [1.82, 2.24) is 10.3 Å². The Morgan fingerprint density at radius 2 is 2.12 bits per heavy atom. The van der Waals surface area contributed by atoms with E-state index >= 15 is 0 Å². The number of carbonyl (C=O) groups is 2. The SMILES string of the molecule is CC(C)(CCNC(=O)c1csc(Cc2cccc(F)c2)n1)C(=O)O. The second-order valence-electron chi connectivity index (χ2n) is 6.13. The van der Waals surface area contributed by atoms with Crippen molar-refractivity contribution in [2.75, 3.05) is 6.54 Å². The van der Waals surface area contributed by atoms with E-state index in [2.05, 4.69) is 10.3 Å². The van der Waals surface area contributed by atoms with Gasteiger partial charge in [-0.3, -0.25) is 9.59 Å². The number of hydrogen-bond donors (Lipinski definition) is 2. The smallest absolute Gasteiger partial charge is 0.309 e. The van der Waals surface area contributed by atoms with E-state index in [0.29, 0.717) is 18.5 Å². The fourth-order valence-electron chi connectivity index (χ4n) is 2.00. The lowest BCUT2D eigenvalue weighted by molar-refractivity contribution is -0.147. The van der Waals surface area contributed by atoms with Crippen LogP contribution in [0.2, 0.25) is 0 Å². The van der Waals surface area contributed by atoms with Crippen LogP contribution in [0.25, 0.3) is 0 Å². The highest BCUT2D eigenvalue weighted by Gasteiger charge is 2.26. The number of halogens is 1. The number of amides is 1. The van der Waals surface area contributed by atoms with E-state index < -0.39 is 11.4 Å². The Bertz CT molecular complexity index is 743. The molecule has 0 unspecified atom stereocenters. The van der Waals surface area contributed by atoms with Gasteiger partial charge in [0.15, 0.2) is 0 Å². The van der Waals surface area contributed by atoms with E-state index in [1.807, 2.05) is 0 Å². The summed E-state index contributed by atoms with van der Waals surface area (Å²) in [6.07, 6.45) is 0.788. The summed E-state index contributed by atoms with van der Waals surface area (Å²) in [6, 6.07) is 6.26. The maximum Gasteiger partial charge on any atom is 0.309 e. The van der Waals surface area contributed by atoms with Crippen LogP contribution in [-0.4, -0.2) is 28.5 Å². The normalized spacial score (nSPS) is 11.3. The molecule has 0 spiro atoms. The third-order valence-corrected chi connectivity index (χ3v) is 4.49. The van der Waals surface area contributed by atoms with E-state index in [9.17, 15) is 14.0 Å². The summed E-state index contributed by atoms with van der Waals surface area (Å²) in [4.78, 5) is 27.3. The number of aromatic nitrogens is 1. The minimum Gasteiger partial charge on any atom is -0.481 e. The van der Waals surface area contributed by atoms with Gasteiger partial charge in [-0.25, -0.2) is 9.37 Å². The van der Waals surface area contributed by atoms with Crippen LogP contribution in [0.15, 0.2) is 29.6 Å². The van der Waals surface area contributed by atoms with Crippen LogP contribution in [0, 0.1) is 11.2 Å². The zero-order valence-electron chi connectivity index (χ0n) is 13.5. The summed E-state index contributed by atoms with van der Waals surface area (Å²) in [5.41, 5.74) is 0.191. The van der Waals surface area contributed by atoms with Gasteiger partial charge in [0.05, 0.1) is 10.4 Å². The first-order valence-electron chi connectivity index (χ1n) is 7.48. The molecule has 128 valence electrons. The van der Waals surface area contributed by atoms with Gasteiger partial charge in [0.1, 0.15) is 11.5 Å². The van der Waals surface area contributed by atoms with Gasteiger partial charge in [-0.1, -0.05) is 12.1 Å². The van der Waals surface area contributed by atoms with Gasteiger partial charge in [-0.15, -0.1) is 11.3 Å². The predicted octanol–water partition coefficient (Wildman–Crippen LogP) is 3.10. The van der Waals surface area contributed by atoms with Crippen LogP contribution in [0.4, 0.5) is 4.39 Å². The van der Waals surface area contributed by atoms with Crippen molar-refractivity contribution in [2.24, 2.45) is 5.41 Å². The lowest BCUT2D eigenvalue weighted by Crippen LogP contribution is -2.32. The van der Waals surface area contributed by atoms with E-state index in [4.69, 9.17) is 5.11 Å². The molecule has 1 aromatic heterocycles. The van der Waals surface area contributed by atoms with Crippen molar-refractivity contribution in [1.29, 1.82) is 0 Å². The van der Waals surface area contributed by atoms with Crippen molar-refractivity contribution in [3.8, 4) is 0 Å². The molecule has 2 rings (SSSR count). The first-order chi connectivity index (χ1) is 11.3. The third kappa shape index (κ3) is 4.86.